The van der Waals surface area contributed by atoms with E-state index in [2.05, 4.69) is 48.5 Å². The summed E-state index contributed by atoms with van der Waals surface area (Å²) in [7, 11) is 0. The van der Waals surface area contributed by atoms with Crippen LogP contribution in [-0.4, -0.2) is 0 Å². The smallest absolute Gasteiger partial charge is 0.0352 e. The van der Waals surface area contributed by atoms with Crippen molar-refractivity contribution < 1.29 is 0 Å². The number of rotatable bonds is 5. The average molecular weight is 198 g/mol. The van der Waals surface area contributed by atoms with Crippen molar-refractivity contribution in [2.24, 2.45) is 16.7 Å². The third-order valence-electron chi connectivity index (χ3n) is 2.79. The van der Waals surface area contributed by atoms with Gasteiger partial charge < -0.3 is 0 Å². The summed E-state index contributed by atoms with van der Waals surface area (Å²) < 4.78 is 0. The van der Waals surface area contributed by atoms with Gasteiger partial charge in [0.05, 0.1) is 0 Å². The molecule has 0 N–H and O–H groups in total. The normalized spacial score (nSPS) is 15.6. The fraction of sp³-hybridized carbons (Fsp3) is 1.00. The lowest BCUT2D eigenvalue weighted by Gasteiger charge is -2.31. The van der Waals surface area contributed by atoms with E-state index in [9.17, 15) is 0 Å². The molecule has 0 aromatic rings. The van der Waals surface area contributed by atoms with E-state index in [4.69, 9.17) is 0 Å². The molecule has 1 unspecified atom stereocenters. The topological polar surface area (TPSA) is 0 Å². The van der Waals surface area contributed by atoms with Crippen LogP contribution < -0.4 is 0 Å². The number of hydrogen-bond acceptors (Lipinski definition) is 0. The molecular weight excluding hydrogens is 168 g/mol. The van der Waals surface area contributed by atoms with E-state index in [0.717, 1.165) is 5.92 Å². The van der Waals surface area contributed by atoms with Crippen LogP contribution in [0, 0.1) is 16.7 Å². The maximum absolute atomic E-state index is 2.41. The summed E-state index contributed by atoms with van der Waals surface area (Å²) >= 11 is 0. The zero-order chi connectivity index (χ0) is 11.4. The predicted octanol–water partition coefficient (Wildman–Crippen LogP) is 5.28. The minimum absolute atomic E-state index is 0.488. The Morgan fingerprint density at radius 1 is 0.929 bits per heavy atom. The Kier molecular flexibility index (Phi) is 5.19. The second-order valence-electron chi connectivity index (χ2n) is 6.99. The molecule has 0 saturated carbocycles. The molecule has 0 aliphatic carbocycles. The maximum atomic E-state index is 2.41. The Balaban J connectivity index is 3.98. The third-order valence-corrected chi connectivity index (χ3v) is 2.79. The summed E-state index contributed by atoms with van der Waals surface area (Å²) in [4.78, 5) is 0. The van der Waals surface area contributed by atoms with Crippen LogP contribution in [0.2, 0.25) is 0 Å². The molecule has 0 spiro atoms. The van der Waals surface area contributed by atoms with E-state index in [1.54, 1.807) is 0 Å². The fourth-order valence-electron chi connectivity index (χ4n) is 2.84. The van der Waals surface area contributed by atoms with Gasteiger partial charge in [0.15, 0.2) is 0 Å². The summed E-state index contributed by atoms with van der Waals surface area (Å²) in [6.45, 7) is 16.5. The molecule has 0 radical (unpaired) electrons. The highest BCUT2D eigenvalue weighted by Gasteiger charge is 2.23. The van der Waals surface area contributed by atoms with Crippen molar-refractivity contribution >= 4 is 0 Å². The van der Waals surface area contributed by atoms with E-state index >= 15 is 0 Å². The van der Waals surface area contributed by atoms with Gasteiger partial charge in [0.2, 0.25) is 0 Å². The first kappa shape index (κ1) is 14.0. The van der Waals surface area contributed by atoms with Gasteiger partial charge >= 0.3 is 0 Å². The predicted molar refractivity (Wildman–Crippen MR) is 66.5 cm³/mol. The van der Waals surface area contributed by atoms with Crippen LogP contribution >= 0.6 is 0 Å². The van der Waals surface area contributed by atoms with Gasteiger partial charge in [-0.2, -0.15) is 0 Å². The highest BCUT2D eigenvalue weighted by atomic mass is 14.3. The van der Waals surface area contributed by atoms with Crippen LogP contribution in [-0.2, 0) is 0 Å². The molecule has 1 atom stereocenters. The molecule has 0 heteroatoms. The molecule has 86 valence electrons. The largest absolute Gasteiger partial charge is 0.0654 e. The zero-order valence-electron chi connectivity index (χ0n) is 11.4. The molecule has 0 fully saturated rings. The van der Waals surface area contributed by atoms with Crippen LogP contribution in [0.25, 0.3) is 0 Å². The van der Waals surface area contributed by atoms with Crippen molar-refractivity contribution in [3.8, 4) is 0 Å². The molecule has 0 amide bonds. The molecule has 0 bridgehead atoms. The molecular formula is C14H30. The van der Waals surface area contributed by atoms with Crippen LogP contribution in [0.3, 0.4) is 0 Å². The van der Waals surface area contributed by atoms with Crippen molar-refractivity contribution in [1.82, 2.24) is 0 Å². The molecule has 0 aliphatic rings. The van der Waals surface area contributed by atoms with Gasteiger partial charge in [-0.15, -0.1) is 0 Å². The lowest BCUT2D eigenvalue weighted by Crippen LogP contribution is -2.19. The summed E-state index contributed by atoms with van der Waals surface area (Å²) in [6.07, 6.45) is 5.40. The first-order valence-electron chi connectivity index (χ1n) is 6.16. The molecule has 0 aromatic heterocycles. The Morgan fingerprint density at radius 2 is 1.43 bits per heavy atom. The third kappa shape index (κ3) is 7.41. The fourth-order valence-corrected chi connectivity index (χ4v) is 2.84. The van der Waals surface area contributed by atoms with Gasteiger partial charge in [-0.1, -0.05) is 54.9 Å². The van der Waals surface area contributed by atoms with Gasteiger partial charge in [-0.25, -0.2) is 0 Å². The molecule has 0 saturated heterocycles. The summed E-state index contributed by atoms with van der Waals surface area (Å²) in [5, 5.41) is 0. The summed E-state index contributed by atoms with van der Waals surface area (Å²) in [5.41, 5.74) is 1.03. The van der Waals surface area contributed by atoms with Crippen molar-refractivity contribution in [2.75, 3.05) is 0 Å². The van der Waals surface area contributed by atoms with E-state index in [1.807, 2.05) is 0 Å². The SMILES string of the molecule is CCCC(C)(C)CC(C)CC(C)(C)C. The van der Waals surface area contributed by atoms with Gasteiger partial charge in [0.1, 0.15) is 0 Å². The standard InChI is InChI=1S/C14H30/c1-8-9-14(6,7)11-12(2)10-13(3,4)5/h12H,8-11H2,1-7H3. The van der Waals surface area contributed by atoms with Crippen molar-refractivity contribution in [1.29, 1.82) is 0 Å². The molecule has 0 aliphatic heterocycles. The summed E-state index contributed by atoms with van der Waals surface area (Å²) in [6, 6.07) is 0. The minimum Gasteiger partial charge on any atom is -0.0654 e. The van der Waals surface area contributed by atoms with Crippen LogP contribution in [0.15, 0.2) is 0 Å². The van der Waals surface area contributed by atoms with Gasteiger partial charge in [0, 0.05) is 0 Å². The molecule has 0 aromatic carbocycles. The van der Waals surface area contributed by atoms with Crippen LogP contribution in [0.5, 0.6) is 0 Å². The van der Waals surface area contributed by atoms with E-state index in [-0.39, 0.29) is 0 Å². The Bertz CT molecular complexity index is 148. The highest BCUT2D eigenvalue weighted by molar-refractivity contribution is 4.74. The van der Waals surface area contributed by atoms with E-state index in [1.165, 1.54) is 25.7 Å². The number of hydrogen-bond donors (Lipinski definition) is 0. The molecule has 0 nitrogen and oxygen atoms in total. The Labute approximate surface area is 91.5 Å². The van der Waals surface area contributed by atoms with E-state index < -0.39 is 0 Å². The first-order valence-corrected chi connectivity index (χ1v) is 6.16. The summed E-state index contributed by atoms with van der Waals surface area (Å²) in [5.74, 6) is 0.858. The lowest BCUT2D eigenvalue weighted by atomic mass is 9.75. The zero-order valence-corrected chi connectivity index (χ0v) is 11.4. The minimum atomic E-state index is 0.488. The second-order valence-corrected chi connectivity index (χ2v) is 6.99. The average Bonchev–Trinajstić information content (AvgIpc) is 1.78. The Morgan fingerprint density at radius 3 is 1.79 bits per heavy atom. The monoisotopic (exact) mass is 198 g/mol. The quantitative estimate of drug-likeness (QED) is 0.564. The van der Waals surface area contributed by atoms with Crippen molar-refractivity contribution in [3.63, 3.8) is 0 Å². The molecule has 0 rings (SSSR count). The van der Waals surface area contributed by atoms with Crippen molar-refractivity contribution in [2.45, 2.75) is 74.1 Å². The van der Waals surface area contributed by atoms with Crippen LogP contribution in [0.1, 0.15) is 74.1 Å². The highest BCUT2D eigenvalue weighted by Crippen LogP contribution is 2.35. The lowest BCUT2D eigenvalue weighted by molar-refractivity contribution is 0.207. The van der Waals surface area contributed by atoms with Gasteiger partial charge in [-0.05, 0) is 36.0 Å². The molecule has 0 heterocycles. The maximum Gasteiger partial charge on any atom is -0.0352 e. The Hall–Kier alpha value is 0. The van der Waals surface area contributed by atoms with E-state index in [0.29, 0.717) is 10.8 Å². The molecule has 14 heavy (non-hydrogen) atoms. The van der Waals surface area contributed by atoms with Crippen LogP contribution in [0.4, 0.5) is 0 Å². The van der Waals surface area contributed by atoms with Gasteiger partial charge in [0.25, 0.3) is 0 Å². The van der Waals surface area contributed by atoms with Crippen molar-refractivity contribution in [3.05, 3.63) is 0 Å². The second kappa shape index (κ2) is 5.19. The van der Waals surface area contributed by atoms with Gasteiger partial charge in [-0.3, -0.25) is 0 Å². The first-order chi connectivity index (χ1) is 6.16.